The van der Waals surface area contributed by atoms with Crippen molar-refractivity contribution in [3.8, 4) is 17.5 Å². The fourth-order valence-electron chi connectivity index (χ4n) is 2.14. The Balaban J connectivity index is 2.68. The van der Waals surface area contributed by atoms with Crippen molar-refractivity contribution in [3.05, 3.63) is 50.9 Å². The van der Waals surface area contributed by atoms with E-state index in [1.807, 2.05) is 6.07 Å². The molecule has 1 aromatic carbocycles. The highest BCUT2D eigenvalue weighted by Gasteiger charge is 2.15. The van der Waals surface area contributed by atoms with Gasteiger partial charge in [-0.1, -0.05) is 11.6 Å². The molecule has 1 aromatic heterocycles. The summed E-state index contributed by atoms with van der Waals surface area (Å²) >= 11 is 5.86. The van der Waals surface area contributed by atoms with Gasteiger partial charge in [-0.25, -0.2) is 4.98 Å². The van der Waals surface area contributed by atoms with Gasteiger partial charge in [0.15, 0.2) is 0 Å². The van der Waals surface area contributed by atoms with Crippen molar-refractivity contribution in [2.75, 3.05) is 6.61 Å². The number of benzene rings is 1. The lowest BCUT2D eigenvalue weighted by Crippen LogP contribution is -2.28. The first-order valence-corrected chi connectivity index (χ1v) is 6.80. The number of nitrogens with zero attached hydrogens (tertiary/aromatic N) is 3. The molecule has 108 valence electrons. The fourth-order valence-corrected chi connectivity index (χ4v) is 2.26. The number of hydrogen-bond donors (Lipinski definition) is 1. The lowest BCUT2D eigenvalue weighted by atomic mass is 10.1. The van der Waals surface area contributed by atoms with Crippen LogP contribution >= 0.6 is 11.6 Å². The molecule has 0 bridgehead atoms. The van der Waals surface area contributed by atoms with Crippen LogP contribution in [0.25, 0.3) is 11.4 Å². The molecule has 0 spiro atoms. The first kappa shape index (κ1) is 15.2. The van der Waals surface area contributed by atoms with Crippen molar-refractivity contribution in [1.82, 2.24) is 9.55 Å². The second-order valence-electron chi connectivity index (χ2n) is 4.53. The number of aromatic nitrogens is 2. The van der Waals surface area contributed by atoms with Crippen LogP contribution in [0.2, 0.25) is 5.02 Å². The number of aryl methyl sites for hydroxylation is 1. The summed E-state index contributed by atoms with van der Waals surface area (Å²) in [4.78, 5) is 16.9. The first-order valence-electron chi connectivity index (χ1n) is 6.42. The summed E-state index contributed by atoms with van der Waals surface area (Å²) in [6.07, 6.45) is 0.226. The van der Waals surface area contributed by atoms with Crippen LogP contribution < -0.4 is 5.56 Å². The molecule has 0 aliphatic heterocycles. The Kier molecular flexibility index (Phi) is 4.73. The van der Waals surface area contributed by atoms with Gasteiger partial charge in [0, 0.05) is 34.9 Å². The van der Waals surface area contributed by atoms with Gasteiger partial charge < -0.3 is 5.11 Å². The quantitative estimate of drug-likeness (QED) is 0.936. The maximum atomic E-state index is 12.5. The van der Waals surface area contributed by atoms with E-state index in [2.05, 4.69) is 4.98 Å². The summed E-state index contributed by atoms with van der Waals surface area (Å²) in [7, 11) is 0. The van der Waals surface area contributed by atoms with Gasteiger partial charge in [-0.15, -0.1) is 0 Å². The zero-order valence-electron chi connectivity index (χ0n) is 11.5. The molecule has 6 heteroatoms. The number of hydrogen-bond acceptors (Lipinski definition) is 4. The molecule has 0 radical (unpaired) electrons. The molecular formula is C15H14ClN3O2. The average Bonchev–Trinajstić information content (AvgIpc) is 2.47. The average molecular weight is 304 g/mol. The van der Waals surface area contributed by atoms with Crippen LogP contribution in [0, 0.1) is 18.3 Å². The SMILES string of the molecule is Cc1nc(-c2ccc(Cl)cc2)n(CC#N)c(=O)c1CCO. The van der Waals surface area contributed by atoms with Gasteiger partial charge in [0.25, 0.3) is 5.56 Å². The maximum Gasteiger partial charge on any atom is 0.258 e. The molecule has 0 saturated heterocycles. The smallest absolute Gasteiger partial charge is 0.258 e. The molecule has 0 amide bonds. The Bertz CT molecular complexity index is 745. The van der Waals surface area contributed by atoms with E-state index in [0.717, 1.165) is 0 Å². The minimum atomic E-state index is -0.289. The van der Waals surface area contributed by atoms with Crippen molar-refractivity contribution in [3.63, 3.8) is 0 Å². The third-order valence-corrected chi connectivity index (χ3v) is 3.41. The van der Waals surface area contributed by atoms with Gasteiger partial charge in [0.05, 0.1) is 6.07 Å². The highest BCUT2D eigenvalue weighted by atomic mass is 35.5. The number of rotatable bonds is 4. The predicted molar refractivity (Wildman–Crippen MR) is 80.1 cm³/mol. The second kappa shape index (κ2) is 6.53. The Hall–Kier alpha value is -2.16. The molecule has 1 heterocycles. The molecule has 0 aliphatic carbocycles. The second-order valence-corrected chi connectivity index (χ2v) is 4.97. The molecule has 2 aromatic rings. The minimum Gasteiger partial charge on any atom is -0.396 e. The number of nitriles is 1. The summed E-state index contributed by atoms with van der Waals surface area (Å²) in [5, 5.41) is 18.6. The summed E-state index contributed by atoms with van der Waals surface area (Å²) in [5.74, 6) is 0.428. The molecule has 0 saturated carbocycles. The van der Waals surface area contributed by atoms with Gasteiger partial charge >= 0.3 is 0 Å². The van der Waals surface area contributed by atoms with Gasteiger partial charge in [-0.05, 0) is 31.2 Å². The summed E-state index contributed by atoms with van der Waals surface area (Å²) < 4.78 is 1.32. The van der Waals surface area contributed by atoms with Crippen LogP contribution in [0.4, 0.5) is 0 Å². The molecule has 1 N–H and O–H groups in total. The van der Waals surface area contributed by atoms with Crippen LogP contribution in [-0.4, -0.2) is 21.3 Å². The third-order valence-electron chi connectivity index (χ3n) is 3.16. The molecule has 21 heavy (non-hydrogen) atoms. The number of aliphatic hydroxyl groups is 1. The minimum absolute atomic E-state index is 0.0947. The Morgan fingerprint density at radius 1 is 1.38 bits per heavy atom. The lowest BCUT2D eigenvalue weighted by Gasteiger charge is -2.13. The van der Waals surface area contributed by atoms with E-state index in [1.165, 1.54) is 4.57 Å². The van der Waals surface area contributed by atoms with Crippen molar-refractivity contribution >= 4 is 11.6 Å². The normalized spacial score (nSPS) is 10.4. The molecule has 0 unspecified atom stereocenters. The standard InChI is InChI=1S/C15H14ClN3O2/c1-10-13(6-9-20)15(21)19(8-7-17)14(18-10)11-2-4-12(16)5-3-11/h2-5,20H,6,8-9H2,1H3. The van der Waals surface area contributed by atoms with Crippen molar-refractivity contribution in [2.45, 2.75) is 19.9 Å². The van der Waals surface area contributed by atoms with E-state index in [-0.39, 0.29) is 25.1 Å². The zero-order valence-corrected chi connectivity index (χ0v) is 12.3. The van der Waals surface area contributed by atoms with E-state index >= 15 is 0 Å². The molecule has 0 fully saturated rings. The highest BCUT2D eigenvalue weighted by molar-refractivity contribution is 6.30. The first-order chi connectivity index (χ1) is 10.1. The monoisotopic (exact) mass is 303 g/mol. The van der Waals surface area contributed by atoms with Crippen LogP contribution in [-0.2, 0) is 13.0 Å². The van der Waals surface area contributed by atoms with E-state index in [0.29, 0.717) is 27.7 Å². The lowest BCUT2D eigenvalue weighted by molar-refractivity contribution is 0.298. The van der Waals surface area contributed by atoms with Crippen LogP contribution in [0.3, 0.4) is 0 Å². The topological polar surface area (TPSA) is 78.9 Å². The van der Waals surface area contributed by atoms with Crippen LogP contribution in [0.5, 0.6) is 0 Å². The summed E-state index contributed by atoms with van der Waals surface area (Å²) in [6.45, 7) is 1.50. The van der Waals surface area contributed by atoms with Gasteiger partial charge in [-0.3, -0.25) is 9.36 Å². The van der Waals surface area contributed by atoms with Crippen molar-refractivity contribution < 1.29 is 5.11 Å². The molecule has 0 atom stereocenters. The summed E-state index contributed by atoms with van der Waals surface area (Å²) in [6, 6.07) is 8.89. The molecular weight excluding hydrogens is 290 g/mol. The third kappa shape index (κ3) is 3.13. The van der Waals surface area contributed by atoms with Crippen LogP contribution in [0.15, 0.2) is 29.1 Å². The van der Waals surface area contributed by atoms with E-state index in [9.17, 15) is 4.79 Å². The van der Waals surface area contributed by atoms with Crippen molar-refractivity contribution in [1.29, 1.82) is 5.26 Å². The largest absolute Gasteiger partial charge is 0.396 e. The Labute approximate surface area is 127 Å². The predicted octanol–water partition coefficient (Wildman–Crippen LogP) is 1.93. The summed E-state index contributed by atoms with van der Waals surface area (Å²) in [5.41, 5.74) is 1.42. The van der Waals surface area contributed by atoms with E-state index in [1.54, 1.807) is 31.2 Å². The molecule has 0 aliphatic rings. The molecule has 2 rings (SSSR count). The van der Waals surface area contributed by atoms with Crippen molar-refractivity contribution in [2.24, 2.45) is 0 Å². The van der Waals surface area contributed by atoms with E-state index in [4.69, 9.17) is 22.0 Å². The van der Waals surface area contributed by atoms with Gasteiger partial charge in [0.2, 0.25) is 0 Å². The van der Waals surface area contributed by atoms with Gasteiger partial charge in [0.1, 0.15) is 12.4 Å². The maximum absolute atomic E-state index is 12.5. The van der Waals surface area contributed by atoms with Crippen LogP contribution in [0.1, 0.15) is 11.3 Å². The highest BCUT2D eigenvalue weighted by Crippen LogP contribution is 2.20. The number of halogens is 1. The Morgan fingerprint density at radius 3 is 2.62 bits per heavy atom. The Morgan fingerprint density at radius 2 is 2.05 bits per heavy atom. The number of aliphatic hydroxyl groups excluding tert-OH is 1. The van der Waals surface area contributed by atoms with Gasteiger partial charge in [-0.2, -0.15) is 5.26 Å². The fraction of sp³-hybridized carbons (Fsp3) is 0.267. The van der Waals surface area contributed by atoms with E-state index < -0.39 is 0 Å². The zero-order chi connectivity index (χ0) is 15.4. The molecule has 5 nitrogen and oxygen atoms in total.